The second-order valence-corrected chi connectivity index (χ2v) is 5.44. The number of aliphatic imine (C=N–C) groups is 1. The van der Waals surface area contributed by atoms with Crippen LogP contribution in [0.2, 0.25) is 0 Å². The summed E-state index contributed by atoms with van der Waals surface area (Å²) in [6.07, 6.45) is 0.493. The number of amides is 1. The van der Waals surface area contributed by atoms with Gasteiger partial charge in [0.25, 0.3) is 0 Å². The summed E-state index contributed by atoms with van der Waals surface area (Å²) in [7, 11) is 3.38. The summed E-state index contributed by atoms with van der Waals surface area (Å²) in [4.78, 5) is 17.3. The van der Waals surface area contributed by atoms with Crippen molar-refractivity contribution >= 4 is 11.9 Å². The van der Waals surface area contributed by atoms with Crippen LogP contribution in [0.25, 0.3) is 0 Å². The monoisotopic (exact) mass is 338 g/mol. The van der Waals surface area contributed by atoms with E-state index >= 15 is 0 Å². The van der Waals surface area contributed by atoms with Crippen molar-refractivity contribution in [2.24, 2.45) is 4.99 Å². The van der Waals surface area contributed by atoms with Gasteiger partial charge in [0.2, 0.25) is 5.91 Å². The van der Waals surface area contributed by atoms with Crippen molar-refractivity contribution in [2.45, 2.75) is 26.4 Å². The van der Waals surface area contributed by atoms with Gasteiger partial charge in [0.1, 0.15) is 12.6 Å². The molecule has 0 heterocycles. The van der Waals surface area contributed by atoms with E-state index in [1.165, 1.54) is 11.0 Å². The number of nitrogens with one attached hydrogen (secondary N) is 2. The first-order valence-electron chi connectivity index (χ1n) is 8.11. The molecule has 1 rings (SSSR count). The Morgan fingerprint density at radius 2 is 2.00 bits per heavy atom. The van der Waals surface area contributed by atoms with E-state index in [0.717, 1.165) is 0 Å². The fourth-order valence-electron chi connectivity index (χ4n) is 1.83. The highest BCUT2D eigenvalue weighted by Gasteiger charge is 2.12. The molecular weight excluding hydrogens is 311 g/mol. The number of ether oxygens (including phenoxy) is 1. The number of hydrogen-bond donors (Lipinski definition) is 2. The van der Waals surface area contributed by atoms with Gasteiger partial charge in [-0.05, 0) is 25.5 Å². The third kappa shape index (κ3) is 6.85. The molecule has 134 valence electrons. The van der Waals surface area contributed by atoms with Gasteiger partial charge in [0.05, 0.1) is 6.54 Å². The largest absolute Gasteiger partial charge is 0.486 e. The standard InChI is InChI=1S/C17H27FN4O2/c1-5-13(24-15-10-8-7-9-14(15)18)11-20-17(19-6-2)21-12-16(23)22(3)4/h7-10,13H,5-6,11-12H2,1-4H3,(H2,19,20,21). The maximum atomic E-state index is 13.7. The molecule has 1 atom stereocenters. The normalized spacial score (nSPS) is 12.5. The second-order valence-electron chi connectivity index (χ2n) is 5.44. The number of hydrogen-bond acceptors (Lipinski definition) is 3. The number of carbonyl (C=O) groups excluding carboxylic acids is 1. The first-order valence-corrected chi connectivity index (χ1v) is 8.11. The third-order valence-corrected chi connectivity index (χ3v) is 3.30. The van der Waals surface area contributed by atoms with Gasteiger partial charge in [-0.3, -0.25) is 4.79 Å². The molecule has 2 N–H and O–H groups in total. The lowest BCUT2D eigenvalue weighted by Crippen LogP contribution is -2.43. The van der Waals surface area contributed by atoms with Gasteiger partial charge >= 0.3 is 0 Å². The smallest absolute Gasteiger partial charge is 0.243 e. The number of para-hydroxylation sites is 1. The average molecular weight is 338 g/mol. The number of benzene rings is 1. The maximum absolute atomic E-state index is 13.7. The number of likely N-dealkylation sites (N-methyl/N-ethyl adjacent to an activating group) is 1. The second kappa shape index (κ2) is 10.5. The van der Waals surface area contributed by atoms with Crippen LogP contribution in [0, 0.1) is 5.82 Å². The van der Waals surface area contributed by atoms with Crippen LogP contribution in [0.3, 0.4) is 0 Å². The zero-order valence-electron chi connectivity index (χ0n) is 14.8. The molecule has 7 heteroatoms. The summed E-state index contributed by atoms with van der Waals surface area (Å²) in [6, 6.07) is 6.33. The Hall–Kier alpha value is -2.31. The van der Waals surface area contributed by atoms with Crippen LogP contribution in [0.5, 0.6) is 5.75 Å². The highest BCUT2D eigenvalue weighted by molar-refractivity contribution is 5.84. The molecule has 0 fully saturated rings. The van der Waals surface area contributed by atoms with Gasteiger partial charge in [-0.25, -0.2) is 9.38 Å². The van der Waals surface area contributed by atoms with Gasteiger partial charge in [-0.15, -0.1) is 0 Å². The van der Waals surface area contributed by atoms with E-state index in [1.807, 2.05) is 13.8 Å². The van der Waals surface area contributed by atoms with Crippen LogP contribution in [-0.2, 0) is 4.79 Å². The Kier molecular flexibility index (Phi) is 8.60. The van der Waals surface area contributed by atoms with Gasteiger partial charge in [-0.1, -0.05) is 19.1 Å². The first kappa shape index (κ1) is 19.7. The molecule has 6 nitrogen and oxygen atoms in total. The summed E-state index contributed by atoms with van der Waals surface area (Å²) in [5, 5.41) is 6.20. The molecule has 0 saturated heterocycles. The molecule has 0 saturated carbocycles. The van der Waals surface area contributed by atoms with Crippen LogP contribution in [-0.4, -0.2) is 56.6 Å². The number of rotatable bonds is 8. The summed E-state index contributed by atoms with van der Waals surface area (Å²) in [5.74, 6) is 0.300. The van der Waals surface area contributed by atoms with E-state index < -0.39 is 0 Å². The number of carbonyl (C=O) groups is 1. The Morgan fingerprint density at radius 1 is 1.29 bits per heavy atom. The van der Waals surface area contributed by atoms with Gasteiger partial charge in [0, 0.05) is 20.6 Å². The zero-order chi connectivity index (χ0) is 17.9. The molecule has 0 aliphatic carbocycles. The lowest BCUT2D eigenvalue weighted by atomic mass is 10.2. The summed E-state index contributed by atoms with van der Waals surface area (Å²) in [5.41, 5.74) is 0. The lowest BCUT2D eigenvalue weighted by Gasteiger charge is -2.20. The fourth-order valence-corrected chi connectivity index (χ4v) is 1.83. The third-order valence-electron chi connectivity index (χ3n) is 3.30. The molecule has 1 amide bonds. The predicted octanol–water partition coefficient (Wildman–Crippen LogP) is 1.63. The van der Waals surface area contributed by atoms with E-state index in [0.29, 0.717) is 25.5 Å². The SMILES string of the molecule is CCNC(=NCC(=O)N(C)C)NCC(CC)Oc1ccccc1F. The summed E-state index contributed by atoms with van der Waals surface area (Å²) >= 11 is 0. The maximum Gasteiger partial charge on any atom is 0.243 e. The van der Waals surface area contributed by atoms with Crippen molar-refractivity contribution in [3.05, 3.63) is 30.1 Å². The van der Waals surface area contributed by atoms with E-state index in [9.17, 15) is 9.18 Å². The molecule has 1 unspecified atom stereocenters. The lowest BCUT2D eigenvalue weighted by molar-refractivity contribution is -0.127. The summed E-state index contributed by atoms with van der Waals surface area (Å²) in [6.45, 7) is 5.10. The number of halogens is 1. The van der Waals surface area contributed by atoms with E-state index in [4.69, 9.17) is 4.74 Å². The molecule has 0 bridgehead atoms. The molecule has 0 aliphatic heterocycles. The molecule has 0 spiro atoms. The van der Waals surface area contributed by atoms with E-state index in [1.54, 1.807) is 32.3 Å². The zero-order valence-corrected chi connectivity index (χ0v) is 14.8. The van der Waals surface area contributed by atoms with Gasteiger partial charge < -0.3 is 20.3 Å². The van der Waals surface area contributed by atoms with Crippen LogP contribution in [0.4, 0.5) is 4.39 Å². The van der Waals surface area contributed by atoms with Crippen LogP contribution in [0.1, 0.15) is 20.3 Å². The van der Waals surface area contributed by atoms with Crippen LogP contribution in [0.15, 0.2) is 29.3 Å². The van der Waals surface area contributed by atoms with Crippen molar-refractivity contribution in [2.75, 3.05) is 33.7 Å². The Bertz CT molecular complexity index is 549. The molecule has 0 aromatic heterocycles. The first-order chi connectivity index (χ1) is 11.5. The highest BCUT2D eigenvalue weighted by Crippen LogP contribution is 2.17. The van der Waals surface area contributed by atoms with Crippen molar-refractivity contribution in [3.63, 3.8) is 0 Å². The van der Waals surface area contributed by atoms with Crippen molar-refractivity contribution in [3.8, 4) is 5.75 Å². The van der Waals surface area contributed by atoms with Crippen molar-refractivity contribution in [1.82, 2.24) is 15.5 Å². The molecule has 0 radical (unpaired) electrons. The van der Waals surface area contributed by atoms with Crippen molar-refractivity contribution < 1.29 is 13.9 Å². The minimum absolute atomic E-state index is 0.0628. The Balaban J connectivity index is 2.61. The topological polar surface area (TPSA) is 66.0 Å². The molecule has 1 aromatic rings. The Labute approximate surface area is 143 Å². The summed E-state index contributed by atoms with van der Waals surface area (Å²) < 4.78 is 19.4. The molecule has 24 heavy (non-hydrogen) atoms. The highest BCUT2D eigenvalue weighted by atomic mass is 19.1. The molecule has 1 aromatic carbocycles. The van der Waals surface area contributed by atoms with Crippen LogP contribution >= 0.6 is 0 Å². The average Bonchev–Trinajstić information content (AvgIpc) is 2.57. The van der Waals surface area contributed by atoms with Gasteiger partial charge in [-0.2, -0.15) is 0 Å². The van der Waals surface area contributed by atoms with E-state index in [2.05, 4.69) is 15.6 Å². The predicted molar refractivity (Wildman–Crippen MR) is 93.8 cm³/mol. The number of nitrogens with zero attached hydrogens (tertiary/aromatic N) is 2. The van der Waals surface area contributed by atoms with E-state index in [-0.39, 0.29) is 30.1 Å². The molecule has 0 aliphatic rings. The Morgan fingerprint density at radius 3 is 2.58 bits per heavy atom. The minimum atomic E-state index is -0.381. The van der Waals surface area contributed by atoms with Gasteiger partial charge in [0.15, 0.2) is 17.5 Å². The van der Waals surface area contributed by atoms with Crippen molar-refractivity contribution in [1.29, 1.82) is 0 Å². The number of guanidine groups is 1. The quantitative estimate of drug-likeness (QED) is 0.558. The minimum Gasteiger partial charge on any atom is -0.486 e. The van der Waals surface area contributed by atoms with Crippen LogP contribution < -0.4 is 15.4 Å². The fraction of sp³-hybridized carbons (Fsp3) is 0.529. The molecular formula is C17H27FN4O2.